The Morgan fingerprint density at radius 3 is 2.75 bits per heavy atom. The first kappa shape index (κ1) is 15.7. The molecular formula is C16H11N5O2S. The minimum Gasteiger partial charge on any atom is -0.340 e. The molecule has 2 heterocycles. The highest BCUT2D eigenvalue weighted by Crippen LogP contribution is 2.27. The molecule has 0 spiro atoms. The average molecular weight is 337 g/mol. The van der Waals surface area contributed by atoms with Crippen LogP contribution in [0.4, 0.5) is 17.2 Å². The van der Waals surface area contributed by atoms with Gasteiger partial charge in [0.2, 0.25) is 0 Å². The normalized spacial score (nSPS) is 10.3. The van der Waals surface area contributed by atoms with E-state index < -0.39 is 4.92 Å². The van der Waals surface area contributed by atoms with Crippen LogP contribution in [0.2, 0.25) is 0 Å². The maximum absolute atomic E-state index is 10.7. The number of terminal acetylenes is 1. The number of anilines is 2. The van der Waals surface area contributed by atoms with Gasteiger partial charge in [0, 0.05) is 29.4 Å². The van der Waals surface area contributed by atoms with Gasteiger partial charge in [-0.2, -0.15) is 0 Å². The fraction of sp³-hybridized carbons (Fsp3) is 0.0625. The first-order valence-corrected chi connectivity index (χ1v) is 7.85. The highest BCUT2D eigenvalue weighted by molar-refractivity contribution is 7.99. The van der Waals surface area contributed by atoms with Crippen LogP contribution in [0.3, 0.4) is 0 Å². The number of pyridine rings is 1. The monoisotopic (exact) mass is 337 g/mol. The van der Waals surface area contributed by atoms with Crippen LogP contribution in [0.15, 0.2) is 47.9 Å². The minimum atomic E-state index is -0.440. The predicted molar refractivity (Wildman–Crippen MR) is 93.3 cm³/mol. The number of thioether (sulfide) groups is 1. The number of aromatic nitrogens is 3. The minimum absolute atomic E-state index is 0.0301. The Labute approximate surface area is 141 Å². The molecule has 118 valence electrons. The van der Waals surface area contributed by atoms with Gasteiger partial charge < -0.3 is 5.32 Å². The van der Waals surface area contributed by atoms with E-state index in [1.54, 1.807) is 30.6 Å². The van der Waals surface area contributed by atoms with Gasteiger partial charge in [-0.1, -0.05) is 17.7 Å². The van der Waals surface area contributed by atoms with Gasteiger partial charge in [-0.05, 0) is 18.2 Å². The van der Waals surface area contributed by atoms with Crippen LogP contribution < -0.4 is 5.32 Å². The van der Waals surface area contributed by atoms with Crippen molar-refractivity contribution in [2.45, 2.75) is 5.16 Å². The van der Waals surface area contributed by atoms with E-state index in [4.69, 9.17) is 6.42 Å². The van der Waals surface area contributed by atoms with E-state index in [9.17, 15) is 10.1 Å². The zero-order chi connectivity index (χ0) is 16.9. The largest absolute Gasteiger partial charge is 0.340 e. The van der Waals surface area contributed by atoms with Crippen LogP contribution in [-0.2, 0) is 0 Å². The summed E-state index contributed by atoms with van der Waals surface area (Å²) in [6.45, 7) is 0. The molecule has 2 aromatic heterocycles. The van der Waals surface area contributed by atoms with E-state index in [-0.39, 0.29) is 5.69 Å². The van der Waals surface area contributed by atoms with Crippen molar-refractivity contribution in [1.82, 2.24) is 15.0 Å². The van der Waals surface area contributed by atoms with E-state index >= 15 is 0 Å². The Balaban J connectivity index is 1.97. The van der Waals surface area contributed by atoms with Crippen molar-refractivity contribution < 1.29 is 4.92 Å². The van der Waals surface area contributed by atoms with E-state index in [0.717, 1.165) is 5.39 Å². The molecule has 0 aliphatic carbocycles. The summed E-state index contributed by atoms with van der Waals surface area (Å²) in [5, 5.41) is 15.2. The molecule has 0 saturated heterocycles. The molecular weight excluding hydrogens is 326 g/mol. The molecule has 0 atom stereocenters. The van der Waals surface area contributed by atoms with Gasteiger partial charge in [-0.15, -0.1) is 6.42 Å². The zero-order valence-electron chi connectivity index (χ0n) is 12.3. The van der Waals surface area contributed by atoms with Crippen molar-refractivity contribution in [2.24, 2.45) is 0 Å². The Bertz CT molecular complexity index is 937. The number of fused-ring (bicyclic) bond motifs is 1. The first-order valence-electron chi connectivity index (χ1n) is 6.87. The average Bonchev–Trinajstić information content (AvgIpc) is 2.60. The number of benzene rings is 1. The molecule has 3 rings (SSSR count). The summed E-state index contributed by atoms with van der Waals surface area (Å²) in [6, 6.07) is 7.92. The lowest BCUT2D eigenvalue weighted by Crippen LogP contribution is -1.99. The summed E-state index contributed by atoms with van der Waals surface area (Å²) in [7, 11) is 0. The Morgan fingerprint density at radius 2 is 2.04 bits per heavy atom. The SMILES string of the molecule is C#CCSc1nc(Nc2ccc([N+](=O)[O-])cc2)c2ccncc2n1. The second-order valence-corrected chi connectivity index (χ2v) is 5.61. The second kappa shape index (κ2) is 6.93. The Hall–Kier alpha value is -3.18. The molecule has 0 amide bonds. The van der Waals surface area contributed by atoms with Crippen LogP contribution in [0, 0.1) is 22.5 Å². The number of hydrogen-bond acceptors (Lipinski definition) is 7. The summed E-state index contributed by atoms with van der Waals surface area (Å²) < 4.78 is 0. The van der Waals surface area contributed by atoms with Crippen molar-refractivity contribution in [3.05, 3.63) is 52.8 Å². The quantitative estimate of drug-likeness (QED) is 0.251. The summed E-state index contributed by atoms with van der Waals surface area (Å²) in [5.74, 6) is 3.59. The van der Waals surface area contributed by atoms with Crippen LogP contribution in [0.25, 0.3) is 10.9 Å². The van der Waals surface area contributed by atoms with Crippen LogP contribution in [-0.4, -0.2) is 25.6 Å². The van der Waals surface area contributed by atoms with Gasteiger partial charge in [0.25, 0.3) is 5.69 Å². The van der Waals surface area contributed by atoms with E-state index in [1.807, 2.05) is 0 Å². The van der Waals surface area contributed by atoms with Gasteiger partial charge in [0.05, 0.1) is 22.4 Å². The number of nitro benzene ring substituents is 1. The number of non-ortho nitro benzene ring substituents is 1. The standard InChI is InChI=1S/C16H11N5O2S/c1-2-9-24-16-19-14-10-17-8-7-13(14)15(20-16)18-11-3-5-12(6-4-11)21(22)23/h1,3-8,10H,9H2,(H,18,19,20). The van der Waals surface area contributed by atoms with E-state index in [1.165, 1.54) is 23.9 Å². The number of hydrogen-bond donors (Lipinski definition) is 1. The molecule has 1 aromatic carbocycles. The summed E-state index contributed by atoms with van der Waals surface area (Å²) in [4.78, 5) is 23.3. The summed E-state index contributed by atoms with van der Waals surface area (Å²) in [5.41, 5.74) is 1.41. The van der Waals surface area contributed by atoms with E-state index in [0.29, 0.717) is 27.9 Å². The molecule has 0 fully saturated rings. The lowest BCUT2D eigenvalue weighted by molar-refractivity contribution is -0.384. The third-order valence-electron chi connectivity index (χ3n) is 3.10. The fourth-order valence-electron chi connectivity index (χ4n) is 2.03. The fourth-order valence-corrected chi connectivity index (χ4v) is 2.56. The molecule has 24 heavy (non-hydrogen) atoms. The van der Waals surface area contributed by atoms with Gasteiger partial charge in [-0.25, -0.2) is 9.97 Å². The highest BCUT2D eigenvalue weighted by atomic mass is 32.2. The van der Waals surface area contributed by atoms with Crippen LogP contribution in [0.5, 0.6) is 0 Å². The molecule has 0 saturated carbocycles. The Kier molecular flexibility index (Phi) is 4.54. The number of nitrogens with zero attached hydrogens (tertiary/aromatic N) is 4. The molecule has 1 N–H and O–H groups in total. The third-order valence-corrected chi connectivity index (χ3v) is 3.86. The predicted octanol–water partition coefficient (Wildman–Crippen LogP) is 3.40. The first-order chi connectivity index (χ1) is 11.7. The lowest BCUT2D eigenvalue weighted by atomic mass is 10.2. The molecule has 0 bridgehead atoms. The number of nitro groups is 1. The molecule has 0 radical (unpaired) electrons. The van der Waals surface area contributed by atoms with Crippen molar-refractivity contribution in [1.29, 1.82) is 0 Å². The van der Waals surface area contributed by atoms with Gasteiger partial charge in [0.15, 0.2) is 5.16 Å². The van der Waals surface area contributed by atoms with Gasteiger partial charge in [-0.3, -0.25) is 15.1 Å². The van der Waals surface area contributed by atoms with Crippen LogP contribution in [0.1, 0.15) is 0 Å². The molecule has 3 aromatic rings. The zero-order valence-corrected chi connectivity index (χ0v) is 13.2. The lowest BCUT2D eigenvalue weighted by Gasteiger charge is -2.10. The Morgan fingerprint density at radius 1 is 1.25 bits per heavy atom. The molecule has 0 aliphatic heterocycles. The third kappa shape index (κ3) is 3.42. The molecule has 0 unspecified atom stereocenters. The van der Waals surface area contributed by atoms with Crippen LogP contribution >= 0.6 is 11.8 Å². The highest BCUT2D eigenvalue weighted by Gasteiger charge is 2.10. The number of rotatable bonds is 5. The number of nitrogens with one attached hydrogen (secondary N) is 1. The van der Waals surface area contributed by atoms with Crippen molar-refractivity contribution in [3.63, 3.8) is 0 Å². The topological polar surface area (TPSA) is 93.8 Å². The maximum atomic E-state index is 10.7. The van der Waals surface area contributed by atoms with Crippen molar-refractivity contribution >= 4 is 39.9 Å². The maximum Gasteiger partial charge on any atom is 0.269 e. The van der Waals surface area contributed by atoms with Gasteiger partial charge >= 0.3 is 0 Å². The van der Waals surface area contributed by atoms with Gasteiger partial charge in [0.1, 0.15) is 5.82 Å². The molecule has 7 nitrogen and oxygen atoms in total. The van der Waals surface area contributed by atoms with E-state index in [2.05, 4.69) is 26.2 Å². The smallest absolute Gasteiger partial charge is 0.269 e. The van der Waals surface area contributed by atoms with Crippen molar-refractivity contribution in [3.8, 4) is 12.3 Å². The summed E-state index contributed by atoms with van der Waals surface area (Å²) in [6.07, 6.45) is 8.58. The second-order valence-electron chi connectivity index (χ2n) is 4.67. The summed E-state index contributed by atoms with van der Waals surface area (Å²) >= 11 is 1.35. The molecule has 0 aliphatic rings. The molecule has 8 heteroatoms. The van der Waals surface area contributed by atoms with Crippen molar-refractivity contribution in [2.75, 3.05) is 11.1 Å².